The van der Waals surface area contributed by atoms with Crippen LogP contribution in [0.2, 0.25) is 0 Å². The van der Waals surface area contributed by atoms with Gasteiger partial charge >= 0.3 is 22.0 Å². The summed E-state index contributed by atoms with van der Waals surface area (Å²) in [6.45, 7) is 3.06. The zero-order valence-electron chi connectivity index (χ0n) is 73.9. The number of hydrogen-bond acceptors (Lipinski definition) is 14. The van der Waals surface area contributed by atoms with Gasteiger partial charge in [0.25, 0.3) is 0 Å². The molecule has 0 spiro atoms. The Morgan fingerprint density at radius 2 is 0.317 bits per heavy atom. The monoisotopic (exact) mass is 2010 g/mol. The van der Waals surface area contributed by atoms with Gasteiger partial charge in [0.2, 0.25) is 80.1 Å². The molecular weight excluding hydrogens is 1940 g/mol. The predicted molar refractivity (Wildman–Crippen MR) is 509 cm³/mol. The molecule has 4 heterocycles. The average Bonchev–Trinajstić information content (AvgIpc) is 0.781. The van der Waals surface area contributed by atoms with Crippen molar-refractivity contribution in [3.8, 4) is 157 Å². The van der Waals surface area contributed by atoms with E-state index in [2.05, 4.69) is 417 Å². The molecule has 0 aliphatic heterocycles. The van der Waals surface area contributed by atoms with Gasteiger partial charge in [0, 0.05) is 167 Å². The van der Waals surface area contributed by atoms with Gasteiger partial charge in [0.05, 0.1) is 0 Å². The summed E-state index contributed by atoms with van der Waals surface area (Å²) >= 11 is 0. The summed E-state index contributed by atoms with van der Waals surface area (Å²) in [4.78, 5) is 24.2. The molecule has 0 saturated heterocycles. The molecule has 0 unspecified atom stereocenters. The summed E-state index contributed by atoms with van der Waals surface area (Å²) < 4.78 is 245. The number of anilines is 2. The molecule has 17 aromatic rings. The molecule has 722 valence electrons. The number of alkyl halides is 12. The minimum Gasteiger partial charge on any atom is -0.741 e. The van der Waals surface area contributed by atoms with Crippen LogP contribution in [0.3, 0.4) is 0 Å². The van der Waals surface area contributed by atoms with Crippen molar-refractivity contribution in [3.05, 3.63) is 413 Å². The van der Waals surface area contributed by atoms with Gasteiger partial charge in [0.1, 0.15) is 0 Å². The molecule has 36 heteroatoms. The first kappa shape index (κ1) is 104. The molecule has 17 rings (SSSR count). The zero-order valence-corrected chi connectivity index (χ0v) is 77.2. The smallest absolute Gasteiger partial charge is 0.485 e. The number of pyridine rings is 4. The first-order chi connectivity index (χ1) is 67.2. The topological polar surface area (TPSA) is 303 Å². The van der Waals surface area contributed by atoms with Crippen molar-refractivity contribution in [2.75, 3.05) is 10.6 Å². The van der Waals surface area contributed by atoms with Gasteiger partial charge in [-0.3, -0.25) is 9.59 Å². The number of benzene rings is 13. The van der Waals surface area contributed by atoms with Crippen LogP contribution in [0, 0.1) is 0 Å². The number of halogens is 12. The second-order valence-corrected chi connectivity index (χ2v) is 36.5. The second kappa shape index (κ2) is 43.7. The molecule has 2 amide bonds. The minimum absolute atomic E-state index is 0.111. The molecule has 0 bridgehead atoms. The SMILES string of the molecule is CC(=O)Nc1ccc(-[n+]2c(-c3ccccc3)cc(-c3ccc(-c4cc(-c5ccccc5)[n+](-c5ccc(-[n+]6c(-c7ccccc7)cc(-c7ccc(-c8cc(-c9ccccc9)[n+](-c9ccc(NC(C)=O)cc9)c(-c9ccccc9)c8)cc7)cc6-c6ccccc6)cc5)c(-c5ccccc5)c4)cc3)cc2-c2ccccc2)cc1.O=S(=O)([O-])C(F)(F)F.O=S(=O)([O-])C(F)(F)F.O=S(=O)([O-])C(F)(F)F.O=S(=O)([O-])C(F)(F)F. The number of carbonyl (C=O) groups is 2. The molecule has 4 aromatic heterocycles. The fourth-order valence-electron chi connectivity index (χ4n) is 15.0. The standard InChI is InChI=1S/C102H74N6O2.4CHF3O3S/c1-71(109)103-89-51-55-91(56-52-89)105-95(77-27-11-3-12-28-77)63-85(64-96(105)78-29-13-4-14-30-78)73-43-47-75(48-44-73)87-67-99(81-35-19-7-20-36-81)107(100(68-87)82-37-21-8-22-38-82)93-59-61-94(62-60-93)108-101(83-39-23-9-24-40-83)69-88(70-102(108)84-41-25-10-26-42-84)76-49-45-74(46-50-76)86-65-97(79-31-15-5-16-32-79)106(98(66-86)80-33-17-6-18-34-80)92-57-53-90(54-58-92)104-72(2)110;4*2-1(3,4)8(5,6)7/h3-70H,1-2H3;4*(H,5,6,7)/q+2;;;;/p-2. The predicted octanol–water partition coefficient (Wildman–Crippen LogP) is 22.9. The lowest BCUT2D eigenvalue weighted by atomic mass is 9.95. The van der Waals surface area contributed by atoms with Gasteiger partial charge in [-0.15, -0.1) is 0 Å². The number of rotatable bonds is 18. The van der Waals surface area contributed by atoms with E-state index in [1.54, 1.807) is 0 Å². The van der Waals surface area contributed by atoms with E-state index >= 15 is 0 Å². The van der Waals surface area contributed by atoms with Crippen LogP contribution in [0.25, 0.3) is 157 Å². The fourth-order valence-corrected chi connectivity index (χ4v) is 15.0. The summed E-state index contributed by atoms with van der Waals surface area (Å²) in [5.41, 5.74) is 8.50. The van der Waals surface area contributed by atoms with Crippen LogP contribution in [-0.2, 0) is 50.1 Å². The Morgan fingerprint density at radius 1 is 0.197 bits per heavy atom. The zero-order chi connectivity index (χ0) is 102. The van der Waals surface area contributed by atoms with E-state index in [1.165, 1.54) is 13.8 Å². The van der Waals surface area contributed by atoms with Gasteiger partial charge in [-0.05, 0) is 166 Å². The van der Waals surface area contributed by atoms with Crippen molar-refractivity contribution in [1.82, 2.24) is 0 Å². The van der Waals surface area contributed by atoms with Gasteiger partial charge < -0.3 is 28.8 Å². The highest BCUT2D eigenvalue weighted by molar-refractivity contribution is 7.87. The maximum atomic E-state index is 12.1. The first-order valence-electron chi connectivity index (χ1n) is 42.2. The Morgan fingerprint density at radius 3 is 0.430 bits per heavy atom. The van der Waals surface area contributed by atoms with Gasteiger partial charge in [-0.1, -0.05) is 194 Å². The van der Waals surface area contributed by atoms with E-state index in [-0.39, 0.29) is 11.8 Å². The van der Waals surface area contributed by atoms with Gasteiger partial charge in [-0.25, -0.2) is 33.7 Å². The van der Waals surface area contributed by atoms with Crippen LogP contribution in [-0.4, -0.2) is 85.7 Å². The molecule has 0 atom stereocenters. The van der Waals surface area contributed by atoms with Crippen molar-refractivity contribution < 1.29 is 132 Å². The summed E-state index contributed by atoms with van der Waals surface area (Å²) in [6.07, 6.45) is 0. The number of nitrogens with zero attached hydrogens (tertiary/aromatic N) is 4. The molecule has 20 nitrogen and oxygen atoms in total. The lowest BCUT2D eigenvalue weighted by molar-refractivity contribution is -0.576. The highest BCUT2D eigenvalue weighted by Crippen LogP contribution is 2.40. The molecule has 2 N–H and O–H groups in total. The lowest BCUT2D eigenvalue weighted by Crippen LogP contribution is -2.38. The van der Waals surface area contributed by atoms with Crippen molar-refractivity contribution in [2.45, 2.75) is 35.9 Å². The summed E-state index contributed by atoms with van der Waals surface area (Å²) in [6, 6.07) is 147. The van der Waals surface area contributed by atoms with E-state index < -0.39 is 62.5 Å². The normalized spacial score (nSPS) is 11.7. The van der Waals surface area contributed by atoms with Crippen LogP contribution < -0.4 is 28.9 Å². The third kappa shape index (κ3) is 25.8. The quantitative estimate of drug-likeness (QED) is 0.0349. The van der Waals surface area contributed by atoms with E-state index in [1.807, 2.05) is 24.3 Å². The van der Waals surface area contributed by atoms with Crippen LogP contribution in [0.5, 0.6) is 0 Å². The third-order valence-corrected chi connectivity index (χ3v) is 23.6. The largest absolute Gasteiger partial charge is 0.741 e. The maximum absolute atomic E-state index is 12.1. The van der Waals surface area contributed by atoms with Crippen LogP contribution in [0.4, 0.5) is 64.1 Å². The Labute approximate surface area is 807 Å². The minimum atomic E-state index is -6.09. The number of carbonyl (C=O) groups excluding carboxylic acids is 2. The third-order valence-electron chi connectivity index (χ3n) is 21.3. The van der Waals surface area contributed by atoms with Gasteiger partial charge in [0.15, 0.2) is 40.5 Å². The van der Waals surface area contributed by atoms with E-state index in [4.69, 9.17) is 51.9 Å². The molecule has 0 radical (unpaired) electrons. The highest BCUT2D eigenvalue weighted by Gasteiger charge is 2.40. The molecule has 0 fully saturated rings. The first-order valence-corrected chi connectivity index (χ1v) is 47.8. The summed E-state index contributed by atoms with van der Waals surface area (Å²) in [7, 11) is -24.4. The van der Waals surface area contributed by atoms with Crippen LogP contribution in [0.15, 0.2) is 413 Å². The Hall–Kier alpha value is -15.8. The Balaban J connectivity index is 0.000000456. The maximum Gasteiger partial charge on any atom is 0.485 e. The number of aromatic nitrogens is 4. The van der Waals surface area contributed by atoms with Crippen molar-refractivity contribution in [2.24, 2.45) is 0 Å². The molecule has 142 heavy (non-hydrogen) atoms. The Bertz CT molecular complexity index is 7060. The van der Waals surface area contributed by atoms with Crippen molar-refractivity contribution in [3.63, 3.8) is 0 Å². The average molecular weight is 2010 g/mol. The molecule has 0 saturated carbocycles. The highest BCUT2D eigenvalue weighted by atomic mass is 32.2. The molecule has 0 aliphatic rings. The van der Waals surface area contributed by atoms with Crippen molar-refractivity contribution in [1.29, 1.82) is 0 Å². The van der Waals surface area contributed by atoms with Crippen LogP contribution >= 0.6 is 0 Å². The number of amides is 2. The van der Waals surface area contributed by atoms with E-state index in [0.717, 1.165) is 169 Å². The lowest BCUT2D eigenvalue weighted by Gasteiger charge is -2.15. The second-order valence-electron chi connectivity index (χ2n) is 31.1. The van der Waals surface area contributed by atoms with Crippen molar-refractivity contribution >= 4 is 63.7 Å². The number of nitrogens with one attached hydrogen (secondary N) is 2. The summed E-state index contributed by atoms with van der Waals surface area (Å²) in [5, 5.41) is 5.88. The molecular formula is C106H76F12N6O14S4. The van der Waals surface area contributed by atoms with Gasteiger partial charge in [-0.2, -0.15) is 71.0 Å². The summed E-state index contributed by atoms with van der Waals surface area (Å²) in [5.74, 6) is -0.222. The van der Waals surface area contributed by atoms with E-state index in [9.17, 15) is 62.3 Å². The molecule has 0 aliphatic carbocycles. The fraction of sp³-hybridized carbons (Fsp3) is 0.0566. The number of hydrogen-bond donors (Lipinski definition) is 2. The Kier molecular flexibility index (Phi) is 31.9. The van der Waals surface area contributed by atoms with E-state index in [0.29, 0.717) is 0 Å². The van der Waals surface area contributed by atoms with Crippen LogP contribution in [0.1, 0.15) is 13.8 Å². The molecule has 13 aromatic carbocycles.